The van der Waals surface area contributed by atoms with Crippen molar-refractivity contribution in [2.75, 3.05) is 6.61 Å². The van der Waals surface area contributed by atoms with Crippen molar-refractivity contribution in [3.05, 3.63) is 16.4 Å². The molecule has 100 valence electrons. The van der Waals surface area contributed by atoms with Crippen molar-refractivity contribution in [1.29, 1.82) is 0 Å². The standard InChI is InChI=1S/C13H19ClN2O2/c1-4-16-11(13(14)8(2)15-16)7-12(17)10-5-6-18-9(10)3/h9-10H,4-7H2,1-3H3. The number of ketones is 1. The average molecular weight is 271 g/mol. The second-order valence-electron chi connectivity index (χ2n) is 4.78. The fourth-order valence-electron chi connectivity index (χ4n) is 2.49. The van der Waals surface area contributed by atoms with E-state index < -0.39 is 0 Å². The number of aromatic nitrogens is 2. The molecule has 2 heterocycles. The van der Waals surface area contributed by atoms with Crippen LogP contribution in [-0.4, -0.2) is 28.3 Å². The van der Waals surface area contributed by atoms with Crippen LogP contribution in [0.1, 0.15) is 31.7 Å². The van der Waals surface area contributed by atoms with E-state index in [4.69, 9.17) is 16.3 Å². The fourth-order valence-corrected chi connectivity index (χ4v) is 2.69. The molecule has 0 radical (unpaired) electrons. The molecule has 1 aromatic rings. The van der Waals surface area contributed by atoms with Crippen LogP contribution in [0, 0.1) is 12.8 Å². The highest BCUT2D eigenvalue weighted by Crippen LogP contribution is 2.26. The maximum absolute atomic E-state index is 12.3. The second kappa shape index (κ2) is 5.41. The monoisotopic (exact) mass is 270 g/mol. The zero-order valence-corrected chi connectivity index (χ0v) is 11.8. The summed E-state index contributed by atoms with van der Waals surface area (Å²) in [6.45, 7) is 7.23. The number of nitrogens with zero attached hydrogens (tertiary/aromatic N) is 2. The van der Waals surface area contributed by atoms with Gasteiger partial charge >= 0.3 is 0 Å². The topological polar surface area (TPSA) is 44.1 Å². The quantitative estimate of drug-likeness (QED) is 0.844. The van der Waals surface area contributed by atoms with Gasteiger partial charge in [-0.2, -0.15) is 5.10 Å². The molecule has 0 N–H and O–H groups in total. The lowest BCUT2D eigenvalue weighted by Gasteiger charge is -2.13. The van der Waals surface area contributed by atoms with Crippen LogP contribution in [0.15, 0.2) is 0 Å². The number of Topliss-reactive ketones (excluding diaryl/α,β-unsaturated/α-hetero) is 1. The summed E-state index contributed by atoms with van der Waals surface area (Å²) in [5.41, 5.74) is 1.62. The number of rotatable bonds is 4. The van der Waals surface area contributed by atoms with Gasteiger partial charge in [0.25, 0.3) is 0 Å². The highest BCUT2D eigenvalue weighted by atomic mass is 35.5. The highest BCUT2D eigenvalue weighted by molar-refractivity contribution is 6.32. The van der Waals surface area contributed by atoms with Gasteiger partial charge in [0.2, 0.25) is 0 Å². The molecule has 2 rings (SSSR count). The van der Waals surface area contributed by atoms with Crippen LogP contribution >= 0.6 is 11.6 Å². The minimum Gasteiger partial charge on any atom is -0.378 e. The molecule has 2 unspecified atom stereocenters. The van der Waals surface area contributed by atoms with Gasteiger partial charge in [-0.1, -0.05) is 11.6 Å². The first-order valence-corrected chi connectivity index (χ1v) is 6.78. The van der Waals surface area contributed by atoms with Crippen LogP contribution in [0.2, 0.25) is 5.02 Å². The lowest BCUT2D eigenvalue weighted by molar-refractivity contribution is -0.123. The average Bonchev–Trinajstić information content (AvgIpc) is 2.87. The summed E-state index contributed by atoms with van der Waals surface area (Å²) in [6.07, 6.45) is 1.19. The largest absolute Gasteiger partial charge is 0.378 e. The Bertz CT molecular complexity index is 456. The van der Waals surface area contributed by atoms with Gasteiger partial charge in [0, 0.05) is 19.1 Å². The zero-order valence-electron chi connectivity index (χ0n) is 11.1. The molecular formula is C13H19ClN2O2. The van der Waals surface area contributed by atoms with E-state index in [1.807, 2.05) is 25.5 Å². The third-order valence-corrected chi connectivity index (χ3v) is 4.08. The van der Waals surface area contributed by atoms with Crippen molar-refractivity contribution in [1.82, 2.24) is 9.78 Å². The van der Waals surface area contributed by atoms with Gasteiger partial charge in [-0.15, -0.1) is 0 Å². The first-order chi connectivity index (χ1) is 8.54. The Kier molecular flexibility index (Phi) is 4.07. The van der Waals surface area contributed by atoms with E-state index in [0.29, 0.717) is 18.1 Å². The number of carbonyl (C=O) groups is 1. The molecular weight excluding hydrogens is 252 g/mol. The van der Waals surface area contributed by atoms with Crippen LogP contribution in [0.3, 0.4) is 0 Å². The normalized spacial score (nSPS) is 23.6. The predicted molar refractivity (Wildman–Crippen MR) is 69.9 cm³/mol. The summed E-state index contributed by atoms with van der Waals surface area (Å²) >= 11 is 6.21. The van der Waals surface area contributed by atoms with Gasteiger partial charge in [-0.05, 0) is 27.2 Å². The summed E-state index contributed by atoms with van der Waals surface area (Å²) < 4.78 is 7.26. The highest BCUT2D eigenvalue weighted by Gasteiger charge is 2.31. The second-order valence-corrected chi connectivity index (χ2v) is 5.15. The summed E-state index contributed by atoms with van der Waals surface area (Å²) in [4.78, 5) is 12.3. The molecule has 1 aliphatic rings. The number of halogens is 1. The molecule has 0 amide bonds. The van der Waals surface area contributed by atoms with E-state index >= 15 is 0 Å². The molecule has 1 fully saturated rings. The van der Waals surface area contributed by atoms with Crippen LogP contribution in [0.5, 0.6) is 0 Å². The number of ether oxygens (including phenoxy) is 1. The number of carbonyl (C=O) groups excluding carboxylic acids is 1. The predicted octanol–water partition coefficient (Wildman–Crippen LogP) is 2.40. The molecule has 1 aliphatic heterocycles. The molecule has 5 heteroatoms. The van der Waals surface area contributed by atoms with Crippen molar-refractivity contribution in [2.24, 2.45) is 5.92 Å². The van der Waals surface area contributed by atoms with Crippen molar-refractivity contribution < 1.29 is 9.53 Å². The Balaban J connectivity index is 2.16. The van der Waals surface area contributed by atoms with E-state index in [9.17, 15) is 4.79 Å². The van der Waals surface area contributed by atoms with Crippen LogP contribution < -0.4 is 0 Å². The summed E-state index contributed by atoms with van der Waals surface area (Å²) in [7, 11) is 0. The number of aryl methyl sites for hydroxylation is 2. The van der Waals surface area contributed by atoms with E-state index in [-0.39, 0.29) is 17.8 Å². The minimum absolute atomic E-state index is 0.00146. The number of hydrogen-bond donors (Lipinski definition) is 0. The molecule has 1 saturated heterocycles. The van der Waals surface area contributed by atoms with Gasteiger partial charge in [0.15, 0.2) is 0 Å². The SMILES string of the molecule is CCn1nc(C)c(Cl)c1CC(=O)C1CCOC1C. The Morgan fingerprint density at radius 3 is 2.89 bits per heavy atom. The Labute approximate surface area is 112 Å². The molecule has 0 aromatic carbocycles. The molecule has 0 spiro atoms. The molecule has 4 nitrogen and oxygen atoms in total. The van der Waals surface area contributed by atoms with Crippen LogP contribution in [0.25, 0.3) is 0 Å². The Morgan fingerprint density at radius 1 is 1.61 bits per heavy atom. The molecule has 0 saturated carbocycles. The van der Waals surface area contributed by atoms with E-state index in [2.05, 4.69) is 5.10 Å². The van der Waals surface area contributed by atoms with Gasteiger partial charge < -0.3 is 4.74 Å². The molecule has 1 aromatic heterocycles. The fraction of sp³-hybridized carbons (Fsp3) is 0.692. The van der Waals surface area contributed by atoms with Gasteiger partial charge in [-0.25, -0.2) is 0 Å². The van der Waals surface area contributed by atoms with Gasteiger partial charge in [-0.3, -0.25) is 9.48 Å². The third kappa shape index (κ3) is 2.45. The summed E-state index contributed by atoms with van der Waals surface area (Å²) in [5.74, 6) is 0.207. The molecule has 0 aliphatic carbocycles. The van der Waals surface area contributed by atoms with Crippen molar-refractivity contribution >= 4 is 17.4 Å². The maximum atomic E-state index is 12.3. The Morgan fingerprint density at radius 2 is 2.33 bits per heavy atom. The van der Waals surface area contributed by atoms with Gasteiger partial charge in [0.05, 0.1) is 28.9 Å². The summed E-state index contributed by atoms with van der Waals surface area (Å²) in [6, 6.07) is 0. The van der Waals surface area contributed by atoms with Gasteiger partial charge in [0.1, 0.15) is 5.78 Å². The van der Waals surface area contributed by atoms with Crippen molar-refractivity contribution in [2.45, 2.75) is 46.3 Å². The maximum Gasteiger partial charge on any atom is 0.144 e. The summed E-state index contributed by atoms with van der Waals surface area (Å²) in [5, 5.41) is 4.95. The smallest absolute Gasteiger partial charge is 0.144 e. The minimum atomic E-state index is 0.00146. The molecule has 0 bridgehead atoms. The zero-order chi connectivity index (χ0) is 13.3. The van der Waals surface area contributed by atoms with E-state index in [0.717, 1.165) is 24.4 Å². The van der Waals surface area contributed by atoms with E-state index in [1.165, 1.54) is 0 Å². The first kappa shape index (κ1) is 13.6. The third-order valence-electron chi connectivity index (χ3n) is 3.58. The molecule has 18 heavy (non-hydrogen) atoms. The Hall–Kier alpha value is -0.870. The molecule has 2 atom stereocenters. The lowest BCUT2D eigenvalue weighted by atomic mass is 9.94. The van der Waals surface area contributed by atoms with E-state index in [1.54, 1.807) is 0 Å². The van der Waals surface area contributed by atoms with Crippen LogP contribution in [0.4, 0.5) is 0 Å². The van der Waals surface area contributed by atoms with Crippen molar-refractivity contribution in [3.63, 3.8) is 0 Å². The first-order valence-electron chi connectivity index (χ1n) is 6.40. The van der Waals surface area contributed by atoms with Crippen molar-refractivity contribution in [3.8, 4) is 0 Å². The van der Waals surface area contributed by atoms with Crippen LogP contribution in [-0.2, 0) is 22.5 Å². The lowest BCUT2D eigenvalue weighted by Crippen LogP contribution is -2.24. The number of hydrogen-bond acceptors (Lipinski definition) is 3.